The van der Waals surface area contributed by atoms with E-state index in [9.17, 15) is 0 Å². The van der Waals surface area contributed by atoms with Gasteiger partial charge in [0.1, 0.15) is 9.71 Å². The minimum atomic E-state index is 0.0164. The maximum Gasteiger partial charge on any atom is 0.222 e. The number of aliphatic hydroxyl groups excluding tert-OH is 1. The SMILES string of the molecule is Nc1c(C#CC2CCC2)sc2nc(-c3cnc(NCCO)nc3)cc(-c3ccccn3)c12. The summed E-state index contributed by atoms with van der Waals surface area (Å²) in [5, 5.41) is 12.8. The third-order valence-corrected chi connectivity index (χ3v) is 6.49. The molecule has 0 aromatic carbocycles. The Morgan fingerprint density at radius 2 is 2.00 bits per heavy atom. The van der Waals surface area contributed by atoms with Gasteiger partial charge in [-0.3, -0.25) is 4.98 Å². The molecule has 0 atom stereocenters. The van der Waals surface area contributed by atoms with E-state index < -0.39 is 0 Å². The molecule has 4 heterocycles. The molecule has 1 aliphatic rings. The molecule has 160 valence electrons. The topological polar surface area (TPSA) is 110 Å². The number of nitrogens with zero attached hydrogens (tertiary/aromatic N) is 4. The van der Waals surface area contributed by atoms with Gasteiger partial charge in [0.2, 0.25) is 5.95 Å². The number of anilines is 2. The van der Waals surface area contributed by atoms with Crippen molar-refractivity contribution in [3.63, 3.8) is 0 Å². The van der Waals surface area contributed by atoms with Crippen LogP contribution in [-0.4, -0.2) is 38.2 Å². The van der Waals surface area contributed by atoms with Gasteiger partial charge < -0.3 is 16.2 Å². The lowest BCUT2D eigenvalue weighted by Gasteiger charge is -2.18. The predicted molar refractivity (Wildman–Crippen MR) is 128 cm³/mol. The van der Waals surface area contributed by atoms with Crippen LogP contribution in [0, 0.1) is 17.8 Å². The number of aliphatic hydroxyl groups is 1. The molecule has 7 nitrogen and oxygen atoms in total. The van der Waals surface area contributed by atoms with Crippen LogP contribution in [0.25, 0.3) is 32.7 Å². The van der Waals surface area contributed by atoms with Crippen LogP contribution in [0.5, 0.6) is 0 Å². The normalized spacial score (nSPS) is 13.4. The maximum atomic E-state index is 8.96. The number of fused-ring (bicyclic) bond motifs is 1. The Morgan fingerprint density at radius 3 is 2.69 bits per heavy atom. The molecule has 0 spiro atoms. The number of aromatic nitrogens is 4. The molecule has 1 fully saturated rings. The van der Waals surface area contributed by atoms with Gasteiger partial charge >= 0.3 is 0 Å². The second kappa shape index (κ2) is 8.91. The highest BCUT2D eigenvalue weighted by Crippen LogP contribution is 2.40. The van der Waals surface area contributed by atoms with Gasteiger partial charge in [0, 0.05) is 47.6 Å². The second-order valence-corrected chi connectivity index (χ2v) is 8.64. The molecule has 4 aromatic heterocycles. The Kier molecular flexibility index (Phi) is 5.67. The summed E-state index contributed by atoms with van der Waals surface area (Å²) in [5.74, 6) is 7.60. The number of nitrogens with one attached hydrogen (secondary N) is 1. The molecule has 0 saturated heterocycles. The summed E-state index contributed by atoms with van der Waals surface area (Å²) < 4.78 is 0. The third-order valence-electron chi connectivity index (χ3n) is 5.48. The number of hydrogen-bond donors (Lipinski definition) is 3. The van der Waals surface area contributed by atoms with Crippen LogP contribution in [0.3, 0.4) is 0 Å². The molecule has 8 heteroatoms. The lowest BCUT2D eigenvalue weighted by molar-refractivity contribution is 0.311. The number of nitrogen functional groups attached to an aromatic ring is 1. The van der Waals surface area contributed by atoms with Crippen LogP contribution < -0.4 is 11.1 Å². The zero-order valence-corrected chi connectivity index (χ0v) is 18.2. The second-order valence-electron chi connectivity index (χ2n) is 7.64. The highest BCUT2D eigenvalue weighted by molar-refractivity contribution is 7.20. The summed E-state index contributed by atoms with van der Waals surface area (Å²) in [6.07, 6.45) is 8.80. The van der Waals surface area contributed by atoms with Gasteiger partial charge in [-0.2, -0.15) is 0 Å². The van der Waals surface area contributed by atoms with Crippen LogP contribution >= 0.6 is 11.3 Å². The first-order valence-electron chi connectivity index (χ1n) is 10.6. The third kappa shape index (κ3) is 4.00. The Balaban J connectivity index is 1.62. The molecular formula is C24H22N6OS. The van der Waals surface area contributed by atoms with E-state index in [2.05, 4.69) is 32.1 Å². The summed E-state index contributed by atoms with van der Waals surface area (Å²) in [5.41, 5.74) is 10.5. The molecule has 32 heavy (non-hydrogen) atoms. The Morgan fingerprint density at radius 1 is 1.16 bits per heavy atom. The van der Waals surface area contributed by atoms with E-state index in [-0.39, 0.29) is 6.61 Å². The zero-order valence-electron chi connectivity index (χ0n) is 17.4. The predicted octanol–water partition coefficient (Wildman–Crippen LogP) is 3.95. The van der Waals surface area contributed by atoms with E-state index in [4.69, 9.17) is 15.8 Å². The Hall–Kier alpha value is -3.54. The van der Waals surface area contributed by atoms with E-state index in [0.29, 0.717) is 24.1 Å². The van der Waals surface area contributed by atoms with Gasteiger partial charge in [-0.25, -0.2) is 15.0 Å². The van der Waals surface area contributed by atoms with Gasteiger partial charge in [-0.1, -0.05) is 24.3 Å². The number of nitrogens with two attached hydrogens (primary N) is 1. The van der Waals surface area contributed by atoms with Gasteiger partial charge in [-0.15, -0.1) is 11.3 Å². The van der Waals surface area contributed by atoms with Crippen molar-refractivity contribution in [2.75, 3.05) is 24.2 Å². The number of rotatable bonds is 5. The fourth-order valence-corrected chi connectivity index (χ4v) is 4.51. The molecule has 1 aliphatic carbocycles. The minimum Gasteiger partial charge on any atom is -0.396 e. The molecule has 1 saturated carbocycles. The van der Waals surface area contributed by atoms with E-state index in [0.717, 1.165) is 37.6 Å². The van der Waals surface area contributed by atoms with Crippen molar-refractivity contribution < 1.29 is 5.11 Å². The lowest BCUT2D eigenvalue weighted by atomic mass is 9.86. The van der Waals surface area contributed by atoms with Crippen molar-refractivity contribution in [3.8, 4) is 34.4 Å². The van der Waals surface area contributed by atoms with Crippen molar-refractivity contribution in [1.82, 2.24) is 19.9 Å². The zero-order chi connectivity index (χ0) is 21.9. The first-order chi connectivity index (χ1) is 15.7. The molecular weight excluding hydrogens is 420 g/mol. The van der Waals surface area contributed by atoms with E-state index in [1.54, 1.807) is 18.6 Å². The average molecular weight is 443 g/mol. The van der Waals surface area contributed by atoms with Crippen LogP contribution in [0.15, 0.2) is 42.9 Å². The number of pyridine rings is 2. The van der Waals surface area contributed by atoms with Gasteiger partial charge in [-0.05, 0) is 31.0 Å². The summed E-state index contributed by atoms with van der Waals surface area (Å²) in [4.78, 5) is 19.8. The summed E-state index contributed by atoms with van der Waals surface area (Å²) >= 11 is 1.51. The standard InChI is InChI=1S/C24H22N6OS/c25-22-20(8-7-15-4-3-5-15)32-23-21(22)17(18-6-1-2-9-26-18)12-19(30-23)16-13-28-24(29-14-16)27-10-11-31/h1-2,6,9,12-15,31H,3-5,10-11,25H2,(H,27,28,29). The first kappa shape index (κ1) is 20.4. The van der Waals surface area contributed by atoms with Crippen LogP contribution in [0.1, 0.15) is 24.1 Å². The Bertz CT molecular complexity index is 1300. The van der Waals surface area contributed by atoms with E-state index in [1.807, 2.05) is 24.3 Å². The summed E-state index contributed by atoms with van der Waals surface area (Å²) in [6.45, 7) is 0.412. The maximum absolute atomic E-state index is 8.96. The highest BCUT2D eigenvalue weighted by atomic mass is 32.1. The van der Waals surface area contributed by atoms with Crippen LogP contribution in [0.4, 0.5) is 11.6 Å². The van der Waals surface area contributed by atoms with Crippen LogP contribution in [0.2, 0.25) is 0 Å². The fraction of sp³-hybridized carbons (Fsp3) is 0.250. The summed E-state index contributed by atoms with van der Waals surface area (Å²) in [6, 6.07) is 7.80. The monoisotopic (exact) mass is 442 g/mol. The molecule has 0 bridgehead atoms. The van der Waals surface area contributed by atoms with Gasteiger partial charge in [0.05, 0.1) is 23.7 Å². The molecule has 0 aliphatic heterocycles. The molecule has 4 aromatic rings. The van der Waals surface area contributed by atoms with Crippen molar-refractivity contribution >= 4 is 33.2 Å². The highest BCUT2D eigenvalue weighted by Gasteiger charge is 2.19. The van der Waals surface area contributed by atoms with E-state index >= 15 is 0 Å². The summed E-state index contributed by atoms with van der Waals surface area (Å²) in [7, 11) is 0. The largest absolute Gasteiger partial charge is 0.396 e. The molecule has 5 rings (SSSR count). The number of hydrogen-bond acceptors (Lipinski definition) is 8. The van der Waals surface area contributed by atoms with Gasteiger partial charge in [0.25, 0.3) is 0 Å². The first-order valence-corrected chi connectivity index (χ1v) is 11.4. The minimum absolute atomic E-state index is 0.0164. The average Bonchev–Trinajstić information content (AvgIpc) is 3.12. The lowest BCUT2D eigenvalue weighted by Crippen LogP contribution is -2.08. The smallest absolute Gasteiger partial charge is 0.222 e. The molecule has 4 N–H and O–H groups in total. The molecule has 0 amide bonds. The van der Waals surface area contributed by atoms with Gasteiger partial charge in [0.15, 0.2) is 0 Å². The Labute approximate surface area is 189 Å². The number of thiophene rings is 1. The molecule has 0 unspecified atom stereocenters. The van der Waals surface area contributed by atoms with Crippen molar-refractivity contribution in [2.24, 2.45) is 5.92 Å². The van der Waals surface area contributed by atoms with E-state index in [1.165, 1.54) is 30.6 Å². The van der Waals surface area contributed by atoms with Crippen molar-refractivity contribution in [2.45, 2.75) is 19.3 Å². The van der Waals surface area contributed by atoms with Crippen molar-refractivity contribution in [1.29, 1.82) is 0 Å². The van der Waals surface area contributed by atoms with Crippen LogP contribution in [-0.2, 0) is 0 Å². The van der Waals surface area contributed by atoms with Crippen molar-refractivity contribution in [3.05, 3.63) is 47.7 Å². The quantitative estimate of drug-likeness (QED) is 0.401. The molecule has 0 radical (unpaired) electrons. The fourth-order valence-electron chi connectivity index (χ4n) is 3.53.